The molecule has 2 aromatic rings. The Morgan fingerprint density at radius 3 is 2.24 bits per heavy atom. The lowest BCUT2D eigenvalue weighted by molar-refractivity contribution is -0.151. The van der Waals surface area contributed by atoms with Crippen LogP contribution in [0.2, 0.25) is 0 Å². The number of hydrogen-bond donors (Lipinski definition) is 8. The third-order valence-corrected chi connectivity index (χ3v) is 9.72. The van der Waals surface area contributed by atoms with E-state index < -0.39 is 96.2 Å². The summed E-state index contributed by atoms with van der Waals surface area (Å²) in [6.07, 6.45) is 1.33. The van der Waals surface area contributed by atoms with Gasteiger partial charge in [-0.2, -0.15) is 0 Å². The monoisotopic (exact) mass is 754 g/mol. The first-order valence-corrected chi connectivity index (χ1v) is 18.5. The predicted octanol–water partition coefficient (Wildman–Crippen LogP) is -0.191. The maximum Gasteiger partial charge on any atom is 0.323 e. The molecule has 0 radical (unpaired) electrons. The summed E-state index contributed by atoms with van der Waals surface area (Å²) >= 11 is 0. The SMILES string of the molecule is CC(C)CC1NC(=O)C(C(C)C)NC(=O)C2CC(OC(=O)C(N)CCCCN)CN2C(=O)C(CC(=O)O)NC(=O)C(Cc2c[nH]c3ccccc23)NC1=O. The quantitative estimate of drug-likeness (QED) is 0.0981. The number of aromatic nitrogens is 1. The number of carbonyl (C=O) groups excluding carboxylic acids is 6. The largest absolute Gasteiger partial charge is 0.481 e. The van der Waals surface area contributed by atoms with Crippen molar-refractivity contribution in [2.45, 2.75) is 115 Å². The maximum atomic E-state index is 14.3. The molecule has 17 heteroatoms. The van der Waals surface area contributed by atoms with Crippen LogP contribution in [0.15, 0.2) is 30.5 Å². The first kappa shape index (κ1) is 41.7. The van der Waals surface area contributed by atoms with E-state index >= 15 is 0 Å². The average Bonchev–Trinajstić information content (AvgIpc) is 3.72. The van der Waals surface area contributed by atoms with Crippen LogP contribution in [0.3, 0.4) is 0 Å². The highest BCUT2D eigenvalue weighted by atomic mass is 16.5. The van der Waals surface area contributed by atoms with Crippen molar-refractivity contribution in [3.8, 4) is 0 Å². The molecule has 2 saturated heterocycles. The fraction of sp³-hybridized carbons (Fsp3) is 0.595. The number of fused-ring (bicyclic) bond motifs is 2. The van der Waals surface area contributed by atoms with Crippen LogP contribution in [0, 0.1) is 11.8 Å². The zero-order valence-electron chi connectivity index (χ0n) is 31.3. The standard InChI is InChI=1S/C37H54N8O9/c1-19(2)13-26-32(48)41-27(14-21-17-40-25-11-6-5-9-23(21)25)33(49)43-28(16-30(46)47)36(52)45-18-22(54-37(53)24(39)10-7-8-12-38)15-29(45)34(50)44-31(20(3)4)35(51)42-26/h5-6,9,11,17,19-20,22,24,26-29,31,40H,7-8,10,12-16,18,38-39H2,1-4H3,(H,41,48)(H,42,51)(H,43,49)(H,44,50)(H,46,47). The molecule has 1 aromatic heterocycles. The number of nitrogens with zero attached hydrogens (tertiary/aromatic N) is 1. The van der Waals surface area contributed by atoms with Gasteiger partial charge in [0, 0.05) is 29.9 Å². The van der Waals surface area contributed by atoms with Gasteiger partial charge in [0.2, 0.25) is 29.5 Å². The molecular weight excluding hydrogens is 700 g/mol. The van der Waals surface area contributed by atoms with E-state index in [9.17, 15) is 38.7 Å². The molecule has 17 nitrogen and oxygen atoms in total. The molecule has 54 heavy (non-hydrogen) atoms. The lowest BCUT2D eigenvalue weighted by Crippen LogP contribution is -2.59. The first-order valence-electron chi connectivity index (χ1n) is 18.5. The van der Waals surface area contributed by atoms with E-state index in [1.54, 1.807) is 20.0 Å². The van der Waals surface area contributed by atoms with Crippen molar-refractivity contribution >= 4 is 52.4 Å². The summed E-state index contributed by atoms with van der Waals surface area (Å²) in [6, 6.07) is -0.228. The summed E-state index contributed by atoms with van der Waals surface area (Å²) in [6.45, 7) is 7.24. The average molecular weight is 755 g/mol. The number of carbonyl (C=O) groups is 7. The lowest BCUT2D eigenvalue weighted by atomic mass is 9.98. The van der Waals surface area contributed by atoms with Gasteiger partial charge in [-0.1, -0.05) is 52.3 Å². The van der Waals surface area contributed by atoms with Crippen LogP contribution in [0.1, 0.15) is 71.8 Å². The summed E-state index contributed by atoms with van der Waals surface area (Å²) in [5.74, 6) is -6.58. The highest BCUT2D eigenvalue weighted by molar-refractivity contribution is 5.99. The maximum absolute atomic E-state index is 14.3. The molecule has 2 aliphatic rings. The Labute approximate surface area is 314 Å². The van der Waals surface area contributed by atoms with Gasteiger partial charge in [0.1, 0.15) is 42.4 Å². The van der Waals surface area contributed by atoms with Crippen molar-refractivity contribution in [3.63, 3.8) is 0 Å². The second-order valence-corrected chi connectivity index (χ2v) is 14.9. The van der Waals surface area contributed by atoms with E-state index in [4.69, 9.17) is 16.2 Å². The minimum absolute atomic E-state index is 0.0531. The van der Waals surface area contributed by atoms with Gasteiger partial charge in [-0.15, -0.1) is 0 Å². The molecule has 2 fully saturated rings. The van der Waals surface area contributed by atoms with Gasteiger partial charge in [0.15, 0.2) is 0 Å². The van der Waals surface area contributed by atoms with Crippen LogP contribution in [-0.2, 0) is 44.7 Å². The summed E-state index contributed by atoms with van der Waals surface area (Å²) < 4.78 is 5.65. The van der Waals surface area contributed by atoms with Gasteiger partial charge in [-0.05, 0) is 49.3 Å². The van der Waals surface area contributed by atoms with Crippen LogP contribution >= 0.6 is 0 Å². The van der Waals surface area contributed by atoms with Crippen molar-refractivity contribution in [3.05, 3.63) is 36.0 Å². The highest BCUT2D eigenvalue weighted by Crippen LogP contribution is 2.25. The van der Waals surface area contributed by atoms with Crippen molar-refractivity contribution < 1.29 is 43.4 Å². The number of amides is 5. The number of carboxylic acids is 1. The molecule has 296 valence electrons. The molecule has 7 unspecified atom stereocenters. The summed E-state index contributed by atoms with van der Waals surface area (Å²) in [5.41, 5.74) is 13.0. The number of hydrogen-bond acceptors (Lipinski definition) is 10. The molecule has 2 aliphatic heterocycles. The molecule has 3 heterocycles. The summed E-state index contributed by atoms with van der Waals surface area (Å²) in [7, 11) is 0. The Bertz CT molecular complexity index is 1690. The van der Waals surface area contributed by atoms with Gasteiger partial charge in [0.25, 0.3) is 0 Å². The smallest absolute Gasteiger partial charge is 0.323 e. The highest BCUT2D eigenvalue weighted by Gasteiger charge is 2.46. The van der Waals surface area contributed by atoms with E-state index in [2.05, 4.69) is 26.3 Å². The molecule has 0 aliphatic carbocycles. The zero-order valence-corrected chi connectivity index (χ0v) is 31.3. The van der Waals surface area contributed by atoms with Gasteiger partial charge >= 0.3 is 11.9 Å². The Balaban J connectivity index is 1.74. The topological polar surface area (TPSA) is 268 Å². The Morgan fingerprint density at radius 1 is 0.907 bits per heavy atom. The number of carboxylic acid groups (broad SMARTS) is 1. The first-order chi connectivity index (χ1) is 25.6. The van der Waals surface area contributed by atoms with Crippen molar-refractivity contribution in [1.29, 1.82) is 0 Å². The number of rotatable bonds is 13. The number of H-pyrrole nitrogens is 1. The zero-order chi connectivity index (χ0) is 39.7. The van der Waals surface area contributed by atoms with Gasteiger partial charge in [-0.3, -0.25) is 33.6 Å². The van der Waals surface area contributed by atoms with Crippen LogP contribution in [-0.4, -0.2) is 112 Å². The number of benzene rings is 1. The predicted molar refractivity (Wildman–Crippen MR) is 197 cm³/mol. The third kappa shape index (κ3) is 10.8. The number of ether oxygens (including phenoxy) is 1. The third-order valence-electron chi connectivity index (χ3n) is 9.72. The molecule has 4 rings (SSSR count). The molecule has 1 aromatic carbocycles. The molecule has 7 atom stereocenters. The second kappa shape index (κ2) is 18.8. The molecular formula is C37H54N8O9. The van der Waals surface area contributed by atoms with Crippen molar-refractivity contribution in [1.82, 2.24) is 31.2 Å². The Kier molecular flexibility index (Phi) is 14.5. The van der Waals surface area contributed by atoms with Gasteiger partial charge in [0.05, 0.1) is 13.0 Å². The number of esters is 1. The van der Waals surface area contributed by atoms with Crippen molar-refractivity contribution in [2.24, 2.45) is 23.3 Å². The molecule has 0 saturated carbocycles. The van der Waals surface area contributed by atoms with Crippen LogP contribution in [0.4, 0.5) is 0 Å². The number of nitrogens with one attached hydrogen (secondary N) is 5. The van der Waals surface area contributed by atoms with E-state index in [0.717, 1.165) is 15.8 Å². The number of nitrogens with two attached hydrogens (primary N) is 2. The van der Waals surface area contributed by atoms with E-state index in [0.29, 0.717) is 31.4 Å². The van der Waals surface area contributed by atoms with Crippen LogP contribution in [0.25, 0.3) is 10.9 Å². The molecule has 10 N–H and O–H groups in total. The number of para-hydroxylation sites is 1. The second-order valence-electron chi connectivity index (χ2n) is 14.9. The number of aliphatic carboxylic acids is 1. The van der Waals surface area contributed by atoms with Crippen LogP contribution < -0.4 is 32.7 Å². The minimum Gasteiger partial charge on any atom is -0.481 e. The summed E-state index contributed by atoms with van der Waals surface area (Å²) in [4.78, 5) is 99.3. The van der Waals surface area contributed by atoms with Gasteiger partial charge in [-0.25, -0.2) is 0 Å². The van der Waals surface area contributed by atoms with Gasteiger partial charge < -0.3 is 52.5 Å². The fourth-order valence-electron chi connectivity index (χ4n) is 6.85. The van der Waals surface area contributed by atoms with Crippen molar-refractivity contribution in [2.75, 3.05) is 13.1 Å². The minimum atomic E-state index is -1.68. The molecule has 0 bridgehead atoms. The normalized spacial score (nSPS) is 25.0. The van der Waals surface area contributed by atoms with E-state index in [1.807, 2.05) is 38.1 Å². The molecule has 0 spiro atoms. The van der Waals surface area contributed by atoms with E-state index in [1.165, 1.54) is 0 Å². The summed E-state index contributed by atoms with van der Waals surface area (Å²) in [5, 5.41) is 21.4. The molecule has 5 amide bonds. The Morgan fingerprint density at radius 2 is 1.57 bits per heavy atom. The number of aromatic amines is 1. The van der Waals surface area contributed by atoms with Crippen LogP contribution in [0.5, 0.6) is 0 Å². The van der Waals surface area contributed by atoms with E-state index in [-0.39, 0.29) is 31.7 Å². The fourth-order valence-corrected chi connectivity index (χ4v) is 6.85. The number of unbranched alkanes of at least 4 members (excludes halogenated alkanes) is 1. The lowest BCUT2D eigenvalue weighted by Gasteiger charge is -2.30. The Hall–Kier alpha value is -5.03.